The van der Waals surface area contributed by atoms with Crippen LogP contribution in [0.5, 0.6) is 5.75 Å². The normalized spacial score (nSPS) is 10.6. The van der Waals surface area contributed by atoms with Gasteiger partial charge in [-0.1, -0.05) is 22.0 Å². The van der Waals surface area contributed by atoms with Crippen LogP contribution in [0.4, 0.5) is 5.69 Å². The van der Waals surface area contributed by atoms with Crippen LogP contribution in [0, 0.1) is 13.8 Å². The van der Waals surface area contributed by atoms with Gasteiger partial charge in [-0.3, -0.25) is 14.4 Å². The Kier molecular flexibility index (Phi) is 9.83. The van der Waals surface area contributed by atoms with E-state index in [9.17, 15) is 14.4 Å². The average Bonchev–Trinajstić information content (AvgIpc) is 2.72. The van der Waals surface area contributed by atoms with E-state index in [1.54, 1.807) is 18.2 Å². The molecule has 9 nitrogen and oxygen atoms in total. The second-order valence-electron chi connectivity index (χ2n) is 6.84. The lowest BCUT2D eigenvalue weighted by Gasteiger charge is -2.11. The molecule has 2 aromatic rings. The molecule has 0 aliphatic carbocycles. The SMILES string of the molecule is COCCNC(=O)C(=O)N/N=C\c1cc(Br)ccc1OCC(=O)Nc1cc(C)cc(C)c1. The lowest BCUT2D eigenvalue weighted by Crippen LogP contribution is -2.39. The molecular formula is C22H25BrN4O5. The predicted molar refractivity (Wildman–Crippen MR) is 125 cm³/mol. The van der Waals surface area contributed by atoms with Crippen LogP contribution in [-0.2, 0) is 19.1 Å². The number of nitrogens with zero attached hydrogens (tertiary/aromatic N) is 1. The van der Waals surface area contributed by atoms with E-state index in [0.29, 0.717) is 17.0 Å². The molecule has 0 saturated carbocycles. The largest absolute Gasteiger partial charge is 0.483 e. The molecular weight excluding hydrogens is 480 g/mol. The molecule has 0 aliphatic heterocycles. The molecule has 0 heterocycles. The first-order chi connectivity index (χ1) is 15.3. The minimum Gasteiger partial charge on any atom is -0.483 e. The van der Waals surface area contributed by atoms with Gasteiger partial charge in [-0.25, -0.2) is 5.43 Å². The van der Waals surface area contributed by atoms with Gasteiger partial charge in [-0.15, -0.1) is 0 Å². The van der Waals surface area contributed by atoms with E-state index in [1.165, 1.54) is 13.3 Å². The molecule has 0 aromatic heterocycles. The van der Waals surface area contributed by atoms with Crippen LogP contribution in [0.1, 0.15) is 16.7 Å². The first kappa shape index (κ1) is 25.0. The highest BCUT2D eigenvalue weighted by atomic mass is 79.9. The average molecular weight is 505 g/mol. The number of amides is 3. The molecule has 0 saturated heterocycles. The number of benzene rings is 2. The fraction of sp³-hybridized carbons (Fsp3) is 0.273. The van der Waals surface area contributed by atoms with Crippen LogP contribution in [0.3, 0.4) is 0 Å². The minimum absolute atomic E-state index is 0.209. The first-order valence-electron chi connectivity index (χ1n) is 9.69. The monoisotopic (exact) mass is 504 g/mol. The summed E-state index contributed by atoms with van der Waals surface area (Å²) in [4.78, 5) is 35.6. The molecule has 2 aromatic carbocycles. The Hall–Kier alpha value is -3.24. The topological polar surface area (TPSA) is 118 Å². The van der Waals surface area contributed by atoms with Crippen molar-refractivity contribution < 1.29 is 23.9 Å². The molecule has 0 atom stereocenters. The molecule has 32 heavy (non-hydrogen) atoms. The second kappa shape index (κ2) is 12.6. The van der Waals surface area contributed by atoms with Gasteiger partial charge in [0, 0.05) is 29.4 Å². The van der Waals surface area contributed by atoms with Gasteiger partial charge in [0.05, 0.1) is 12.8 Å². The molecule has 0 fully saturated rings. The van der Waals surface area contributed by atoms with Crippen LogP contribution in [-0.4, -0.2) is 50.8 Å². The standard InChI is InChI=1S/C22H25BrN4O5/c1-14-8-15(2)10-18(9-14)26-20(28)13-32-19-5-4-17(23)11-16(19)12-25-27-22(30)21(29)24-6-7-31-3/h4-5,8-12H,6-7,13H2,1-3H3,(H,24,29)(H,26,28)(H,27,30)/b25-12-. The van der Waals surface area contributed by atoms with Gasteiger partial charge in [-0.2, -0.15) is 5.10 Å². The zero-order chi connectivity index (χ0) is 23.5. The molecule has 2 rings (SSSR count). The van der Waals surface area contributed by atoms with E-state index in [-0.39, 0.29) is 25.7 Å². The third kappa shape index (κ3) is 8.48. The van der Waals surface area contributed by atoms with Crippen molar-refractivity contribution in [2.75, 3.05) is 32.2 Å². The lowest BCUT2D eigenvalue weighted by molar-refractivity contribution is -0.139. The van der Waals surface area contributed by atoms with Gasteiger partial charge in [0.2, 0.25) is 0 Å². The molecule has 3 N–H and O–H groups in total. The van der Waals surface area contributed by atoms with Crippen LogP contribution in [0.15, 0.2) is 46.0 Å². The van der Waals surface area contributed by atoms with Crippen molar-refractivity contribution in [2.24, 2.45) is 5.10 Å². The Morgan fingerprint density at radius 2 is 1.78 bits per heavy atom. The summed E-state index contributed by atoms with van der Waals surface area (Å²) in [5, 5.41) is 8.97. The fourth-order valence-corrected chi connectivity index (χ4v) is 3.08. The van der Waals surface area contributed by atoms with E-state index >= 15 is 0 Å². The zero-order valence-electron chi connectivity index (χ0n) is 18.0. The van der Waals surface area contributed by atoms with Gasteiger partial charge in [0.15, 0.2) is 6.61 Å². The second-order valence-corrected chi connectivity index (χ2v) is 7.76. The number of hydrazone groups is 1. The summed E-state index contributed by atoms with van der Waals surface area (Å²) in [6.07, 6.45) is 1.32. The van der Waals surface area contributed by atoms with Crippen molar-refractivity contribution in [3.8, 4) is 5.75 Å². The quantitative estimate of drug-likeness (QED) is 0.209. The third-order valence-corrected chi connectivity index (χ3v) is 4.50. The van der Waals surface area contributed by atoms with Crippen molar-refractivity contribution in [2.45, 2.75) is 13.8 Å². The number of carbonyl (C=O) groups excluding carboxylic acids is 3. The Balaban J connectivity index is 1.95. The Labute approximate surface area is 194 Å². The van der Waals surface area contributed by atoms with E-state index in [2.05, 4.69) is 37.1 Å². The summed E-state index contributed by atoms with van der Waals surface area (Å²) < 4.78 is 11.2. The number of ether oxygens (including phenoxy) is 2. The summed E-state index contributed by atoms with van der Waals surface area (Å²) in [5.41, 5.74) is 5.42. The first-order valence-corrected chi connectivity index (χ1v) is 10.5. The summed E-state index contributed by atoms with van der Waals surface area (Å²) in [6.45, 7) is 4.19. The van der Waals surface area contributed by atoms with Crippen LogP contribution < -0.4 is 20.8 Å². The van der Waals surface area contributed by atoms with Gasteiger partial charge >= 0.3 is 11.8 Å². The van der Waals surface area contributed by atoms with Crippen molar-refractivity contribution in [3.05, 3.63) is 57.6 Å². The number of hydrogen-bond donors (Lipinski definition) is 3. The molecule has 0 radical (unpaired) electrons. The zero-order valence-corrected chi connectivity index (χ0v) is 19.6. The highest BCUT2D eigenvalue weighted by Crippen LogP contribution is 2.22. The molecule has 10 heteroatoms. The maximum atomic E-state index is 12.3. The number of methoxy groups -OCH3 is 1. The molecule has 0 aliphatic rings. The van der Waals surface area contributed by atoms with E-state index in [0.717, 1.165) is 15.6 Å². The number of carbonyl (C=O) groups is 3. The maximum Gasteiger partial charge on any atom is 0.329 e. The van der Waals surface area contributed by atoms with Crippen LogP contribution in [0.2, 0.25) is 0 Å². The summed E-state index contributed by atoms with van der Waals surface area (Å²) in [6, 6.07) is 10.9. The third-order valence-electron chi connectivity index (χ3n) is 4.00. The van der Waals surface area contributed by atoms with Gasteiger partial charge in [-0.05, 0) is 55.3 Å². The number of rotatable bonds is 9. The van der Waals surface area contributed by atoms with Crippen LogP contribution in [0.25, 0.3) is 0 Å². The maximum absolute atomic E-state index is 12.3. The van der Waals surface area contributed by atoms with E-state index in [1.807, 2.05) is 32.0 Å². The molecule has 0 bridgehead atoms. The fourth-order valence-electron chi connectivity index (χ4n) is 2.70. The predicted octanol–water partition coefficient (Wildman–Crippen LogP) is 2.30. The number of aryl methyl sites for hydroxylation is 2. The van der Waals surface area contributed by atoms with Crippen molar-refractivity contribution in [1.82, 2.24) is 10.7 Å². The molecule has 0 spiro atoms. The Morgan fingerprint density at radius 1 is 1.06 bits per heavy atom. The van der Waals surface area contributed by atoms with Gasteiger partial charge < -0.3 is 20.1 Å². The highest BCUT2D eigenvalue weighted by molar-refractivity contribution is 9.10. The number of halogens is 1. The van der Waals surface area contributed by atoms with Crippen molar-refractivity contribution in [3.63, 3.8) is 0 Å². The van der Waals surface area contributed by atoms with E-state index in [4.69, 9.17) is 9.47 Å². The van der Waals surface area contributed by atoms with E-state index < -0.39 is 11.8 Å². The van der Waals surface area contributed by atoms with Gasteiger partial charge in [0.25, 0.3) is 5.91 Å². The smallest absolute Gasteiger partial charge is 0.329 e. The molecule has 3 amide bonds. The summed E-state index contributed by atoms with van der Waals surface area (Å²) >= 11 is 3.35. The minimum atomic E-state index is -0.914. The Bertz CT molecular complexity index is 990. The number of nitrogens with one attached hydrogen (secondary N) is 3. The van der Waals surface area contributed by atoms with Crippen LogP contribution >= 0.6 is 15.9 Å². The molecule has 0 unspecified atom stereocenters. The number of anilines is 1. The van der Waals surface area contributed by atoms with Gasteiger partial charge in [0.1, 0.15) is 5.75 Å². The van der Waals surface area contributed by atoms with Crippen molar-refractivity contribution >= 4 is 45.6 Å². The lowest BCUT2D eigenvalue weighted by atomic mass is 10.1. The Morgan fingerprint density at radius 3 is 2.47 bits per heavy atom. The van der Waals surface area contributed by atoms with Crippen molar-refractivity contribution in [1.29, 1.82) is 0 Å². The summed E-state index contributed by atoms with van der Waals surface area (Å²) in [5.74, 6) is -1.68. The number of hydrogen-bond acceptors (Lipinski definition) is 6. The summed E-state index contributed by atoms with van der Waals surface area (Å²) in [7, 11) is 1.49. The molecule has 170 valence electrons. The highest BCUT2D eigenvalue weighted by Gasteiger charge is 2.12.